The van der Waals surface area contributed by atoms with Crippen LogP contribution in [0, 0.1) is 0 Å². The topological polar surface area (TPSA) is 52.6 Å². The van der Waals surface area contributed by atoms with Crippen molar-refractivity contribution in [2.75, 3.05) is 6.61 Å². The summed E-state index contributed by atoms with van der Waals surface area (Å²) < 4.78 is 11.1. The zero-order valence-electron chi connectivity index (χ0n) is 19.8. The molecule has 0 bridgehead atoms. The van der Waals surface area contributed by atoms with E-state index in [0.717, 1.165) is 29.5 Å². The molecule has 166 valence electrons. The number of esters is 2. The Morgan fingerprint density at radius 1 is 1.00 bits per heavy atom. The summed E-state index contributed by atoms with van der Waals surface area (Å²) in [5.74, 6) is -0.425. The van der Waals surface area contributed by atoms with E-state index in [1.165, 1.54) is 5.56 Å². The summed E-state index contributed by atoms with van der Waals surface area (Å²) in [7, 11) is 0. The number of hydrogen-bond donors (Lipinski definition) is 0. The molecule has 0 radical (unpaired) electrons. The summed E-state index contributed by atoms with van der Waals surface area (Å²) in [5, 5.41) is 0. The van der Waals surface area contributed by atoms with E-state index in [4.69, 9.17) is 9.47 Å². The van der Waals surface area contributed by atoms with Crippen LogP contribution in [0.3, 0.4) is 0 Å². The van der Waals surface area contributed by atoms with E-state index in [-0.39, 0.29) is 22.8 Å². The zero-order chi connectivity index (χ0) is 23.0. The molecule has 0 saturated carbocycles. The molecule has 1 aliphatic rings. The highest BCUT2D eigenvalue weighted by Gasteiger charge is 2.39. The van der Waals surface area contributed by atoms with E-state index in [1.54, 1.807) is 12.1 Å². The van der Waals surface area contributed by atoms with Crippen molar-refractivity contribution in [3.63, 3.8) is 0 Å². The van der Waals surface area contributed by atoms with E-state index in [2.05, 4.69) is 60.6 Å². The first-order chi connectivity index (χ1) is 14.4. The van der Waals surface area contributed by atoms with Gasteiger partial charge in [0.1, 0.15) is 11.7 Å². The summed E-state index contributed by atoms with van der Waals surface area (Å²) >= 11 is 0. The zero-order valence-corrected chi connectivity index (χ0v) is 19.8. The molecule has 0 amide bonds. The van der Waals surface area contributed by atoms with Crippen LogP contribution in [0.1, 0.15) is 99.8 Å². The van der Waals surface area contributed by atoms with Gasteiger partial charge in [0.2, 0.25) is 0 Å². The molecule has 4 heteroatoms. The number of ether oxygens (including phenoxy) is 2. The van der Waals surface area contributed by atoms with Crippen LogP contribution in [0.15, 0.2) is 36.4 Å². The highest BCUT2D eigenvalue weighted by atomic mass is 16.5. The lowest BCUT2D eigenvalue weighted by molar-refractivity contribution is -0.133. The third-order valence-electron chi connectivity index (χ3n) is 5.75. The van der Waals surface area contributed by atoms with Gasteiger partial charge in [-0.2, -0.15) is 0 Å². The number of hydrogen-bond acceptors (Lipinski definition) is 4. The Morgan fingerprint density at radius 3 is 2.19 bits per heavy atom. The van der Waals surface area contributed by atoms with E-state index >= 15 is 0 Å². The van der Waals surface area contributed by atoms with Crippen molar-refractivity contribution in [2.45, 2.75) is 78.1 Å². The van der Waals surface area contributed by atoms with Crippen LogP contribution >= 0.6 is 0 Å². The van der Waals surface area contributed by atoms with E-state index < -0.39 is 5.92 Å². The van der Waals surface area contributed by atoms with Gasteiger partial charge in [-0.15, -0.1) is 0 Å². The maximum atomic E-state index is 13.0. The van der Waals surface area contributed by atoms with Gasteiger partial charge in [-0.3, -0.25) is 4.79 Å². The second-order valence-electron chi connectivity index (χ2n) is 10.4. The molecular formula is C27H34O4. The van der Waals surface area contributed by atoms with Crippen molar-refractivity contribution in [3.05, 3.63) is 64.2 Å². The molecule has 1 heterocycles. The third kappa shape index (κ3) is 4.84. The molecule has 0 fully saturated rings. The van der Waals surface area contributed by atoms with Crippen molar-refractivity contribution >= 4 is 11.9 Å². The van der Waals surface area contributed by atoms with Gasteiger partial charge in [-0.25, -0.2) is 4.79 Å². The fraction of sp³-hybridized carbons (Fsp3) is 0.481. The van der Waals surface area contributed by atoms with Crippen molar-refractivity contribution in [3.8, 4) is 5.75 Å². The highest BCUT2D eigenvalue weighted by molar-refractivity contribution is 5.92. The maximum absolute atomic E-state index is 13.0. The first-order valence-corrected chi connectivity index (χ1v) is 11.1. The molecule has 2 aromatic rings. The molecule has 0 aliphatic carbocycles. The molecular weight excluding hydrogens is 388 g/mol. The van der Waals surface area contributed by atoms with Crippen molar-refractivity contribution < 1.29 is 19.1 Å². The smallest absolute Gasteiger partial charge is 0.338 e. The molecule has 0 spiro atoms. The Morgan fingerprint density at radius 2 is 1.65 bits per heavy atom. The van der Waals surface area contributed by atoms with Gasteiger partial charge in [0.15, 0.2) is 0 Å². The molecule has 0 aromatic heterocycles. The largest absolute Gasteiger partial charge is 0.462 e. The number of rotatable bonds is 5. The van der Waals surface area contributed by atoms with Crippen molar-refractivity contribution in [2.24, 2.45) is 0 Å². The van der Waals surface area contributed by atoms with Gasteiger partial charge in [-0.05, 0) is 40.5 Å². The number of unbranched alkanes of at least 4 members (excludes halogenated alkanes) is 1. The quantitative estimate of drug-likeness (QED) is 0.323. The van der Waals surface area contributed by atoms with Crippen LogP contribution < -0.4 is 4.74 Å². The van der Waals surface area contributed by atoms with Gasteiger partial charge in [0.25, 0.3) is 0 Å². The lowest BCUT2D eigenvalue weighted by Gasteiger charge is -2.27. The van der Waals surface area contributed by atoms with Crippen molar-refractivity contribution in [1.29, 1.82) is 0 Å². The fourth-order valence-electron chi connectivity index (χ4n) is 3.78. The second-order valence-corrected chi connectivity index (χ2v) is 10.4. The third-order valence-corrected chi connectivity index (χ3v) is 5.75. The van der Waals surface area contributed by atoms with E-state index in [9.17, 15) is 9.59 Å². The van der Waals surface area contributed by atoms with Crippen LogP contribution in [0.2, 0.25) is 0 Å². The van der Waals surface area contributed by atoms with Crippen LogP contribution in [-0.4, -0.2) is 18.5 Å². The van der Waals surface area contributed by atoms with Crippen molar-refractivity contribution in [1.82, 2.24) is 0 Å². The summed E-state index contributed by atoms with van der Waals surface area (Å²) in [6.07, 6.45) is 1.82. The fourth-order valence-corrected chi connectivity index (χ4v) is 3.78. The lowest BCUT2D eigenvalue weighted by atomic mass is 9.77. The van der Waals surface area contributed by atoms with Crippen LogP contribution in [-0.2, 0) is 20.4 Å². The van der Waals surface area contributed by atoms with E-state index in [0.29, 0.717) is 17.9 Å². The second kappa shape index (κ2) is 8.49. The maximum Gasteiger partial charge on any atom is 0.338 e. The number of fused-ring (bicyclic) bond motifs is 1. The minimum Gasteiger partial charge on any atom is -0.462 e. The molecule has 1 atom stereocenters. The average Bonchev–Trinajstić information content (AvgIpc) is 3.01. The Hall–Kier alpha value is -2.62. The van der Waals surface area contributed by atoms with Crippen LogP contribution in [0.4, 0.5) is 0 Å². The number of carbonyl (C=O) groups excluding carboxylic acids is 2. The molecule has 1 aliphatic heterocycles. The Bertz CT molecular complexity index is 972. The van der Waals surface area contributed by atoms with E-state index in [1.807, 2.05) is 12.1 Å². The molecule has 3 rings (SSSR count). The summed E-state index contributed by atoms with van der Waals surface area (Å²) in [4.78, 5) is 25.2. The summed E-state index contributed by atoms with van der Waals surface area (Å²) in [5.41, 5.74) is 4.22. The minimum absolute atomic E-state index is 0.0582. The predicted molar refractivity (Wildman–Crippen MR) is 123 cm³/mol. The van der Waals surface area contributed by atoms with Gasteiger partial charge in [0.05, 0.1) is 12.2 Å². The molecule has 1 unspecified atom stereocenters. The molecule has 4 nitrogen and oxygen atoms in total. The minimum atomic E-state index is -0.497. The van der Waals surface area contributed by atoms with Gasteiger partial charge < -0.3 is 9.47 Å². The van der Waals surface area contributed by atoms with Gasteiger partial charge in [-0.1, -0.05) is 79.2 Å². The van der Waals surface area contributed by atoms with Crippen LogP contribution in [0.25, 0.3) is 0 Å². The first-order valence-electron chi connectivity index (χ1n) is 11.1. The molecule has 2 aromatic carbocycles. The van der Waals surface area contributed by atoms with Gasteiger partial charge in [0, 0.05) is 11.1 Å². The number of benzene rings is 2. The highest BCUT2D eigenvalue weighted by Crippen LogP contribution is 2.47. The summed E-state index contributed by atoms with van der Waals surface area (Å²) in [6.45, 7) is 15.4. The number of carbonyl (C=O) groups is 2. The first kappa shape index (κ1) is 23.1. The average molecular weight is 423 g/mol. The SMILES string of the molecule is CCCCOC(=O)c1ccc(C2C(=O)Oc3c2cc(C(C)(C)C)cc3C(C)(C)C)cc1. The Labute approximate surface area is 186 Å². The van der Waals surface area contributed by atoms with Gasteiger partial charge >= 0.3 is 11.9 Å². The predicted octanol–water partition coefficient (Wildman–Crippen LogP) is 6.29. The molecule has 31 heavy (non-hydrogen) atoms. The molecule has 0 N–H and O–H groups in total. The Balaban J connectivity index is 2.00. The Kier molecular flexibility index (Phi) is 6.31. The monoisotopic (exact) mass is 422 g/mol. The summed E-state index contributed by atoms with van der Waals surface area (Å²) in [6, 6.07) is 11.4. The lowest BCUT2D eigenvalue weighted by Crippen LogP contribution is -2.17. The molecule has 0 saturated heterocycles. The van der Waals surface area contributed by atoms with Crippen LogP contribution in [0.5, 0.6) is 5.75 Å². The standard InChI is InChI=1S/C27H34O4/c1-8-9-14-30-24(28)18-12-10-17(11-13-18)22-20-15-19(26(2,3)4)16-21(27(5,6)7)23(20)31-25(22)29/h10-13,15-16,22H,8-9,14H2,1-7H3. The normalized spacial score (nSPS) is 16.1.